The Bertz CT molecular complexity index is 308. The van der Waals surface area contributed by atoms with Gasteiger partial charge in [-0.1, -0.05) is 0 Å². The molecule has 0 saturated heterocycles. The summed E-state index contributed by atoms with van der Waals surface area (Å²) in [5.41, 5.74) is -0.757. The summed E-state index contributed by atoms with van der Waals surface area (Å²) >= 11 is 5.66. The average Bonchev–Trinajstić information content (AvgIpc) is 2.14. The number of nitrogens with zero attached hydrogens (tertiary/aromatic N) is 1. The molecule has 15 heavy (non-hydrogen) atoms. The van der Waals surface area contributed by atoms with Gasteiger partial charge in [0.25, 0.3) is 0 Å². The van der Waals surface area contributed by atoms with Gasteiger partial charge in [0.15, 0.2) is 0 Å². The van der Waals surface area contributed by atoms with Crippen LogP contribution in [-0.2, 0) is 6.18 Å². The van der Waals surface area contributed by atoms with E-state index in [1.165, 1.54) is 6.07 Å². The third-order valence-electron chi connectivity index (χ3n) is 1.66. The number of nitrogens with one attached hydrogen (secondary N) is 1. The Labute approximate surface area is 90.5 Å². The maximum Gasteiger partial charge on any atom is 0.417 e. The summed E-state index contributed by atoms with van der Waals surface area (Å²) in [4.78, 5) is 3.63. The lowest BCUT2D eigenvalue weighted by atomic mass is 10.3. The SMILES string of the molecule is CC(Cl)CNc1ccc(C(F)(F)F)cn1. The third kappa shape index (κ3) is 3.95. The molecule has 0 aromatic carbocycles. The van der Waals surface area contributed by atoms with Gasteiger partial charge in [0, 0.05) is 18.1 Å². The molecule has 1 aromatic rings. The van der Waals surface area contributed by atoms with E-state index in [1.54, 1.807) is 6.92 Å². The number of anilines is 1. The zero-order valence-electron chi connectivity index (χ0n) is 7.98. The van der Waals surface area contributed by atoms with Crippen LogP contribution in [0.2, 0.25) is 0 Å². The van der Waals surface area contributed by atoms with Crippen molar-refractivity contribution in [2.24, 2.45) is 0 Å². The van der Waals surface area contributed by atoms with E-state index in [4.69, 9.17) is 11.6 Å². The molecule has 1 heterocycles. The van der Waals surface area contributed by atoms with Crippen LogP contribution in [0, 0.1) is 0 Å². The van der Waals surface area contributed by atoms with Gasteiger partial charge in [-0.25, -0.2) is 4.98 Å². The minimum Gasteiger partial charge on any atom is -0.369 e. The van der Waals surface area contributed by atoms with Crippen LogP contribution in [0.4, 0.5) is 19.0 Å². The summed E-state index contributed by atoms with van der Waals surface area (Å²) in [6.45, 7) is 2.23. The molecule has 0 bridgehead atoms. The minimum atomic E-state index is -4.34. The standard InChI is InChI=1S/C9H10ClF3N2/c1-6(10)4-14-8-3-2-7(5-15-8)9(11,12)13/h2-3,5-6H,4H2,1H3,(H,14,15). The van der Waals surface area contributed by atoms with Crippen LogP contribution in [0.3, 0.4) is 0 Å². The Kier molecular flexibility index (Phi) is 3.79. The van der Waals surface area contributed by atoms with E-state index in [0.717, 1.165) is 12.3 Å². The molecule has 0 fully saturated rings. The summed E-state index contributed by atoms with van der Waals surface area (Å²) in [6.07, 6.45) is -3.55. The van der Waals surface area contributed by atoms with Gasteiger partial charge in [0.05, 0.1) is 5.56 Å². The molecule has 1 aromatic heterocycles. The fourth-order valence-corrected chi connectivity index (χ4v) is 0.988. The zero-order chi connectivity index (χ0) is 11.5. The van der Waals surface area contributed by atoms with E-state index in [2.05, 4.69) is 10.3 Å². The minimum absolute atomic E-state index is 0.103. The van der Waals surface area contributed by atoms with Gasteiger partial charge >= 0.3 is 6.18 Å². The van der Waals surface area contributed by atoms with Crippen molar-refractivity contribution in [1.29, 1.82) is 0 Å². The molecule has 0 aliphatic heterocycles. The number of hydrogen-bond acceptors (Lipinski definition) is 2. The molecule has 0 spiro atoms. The number of alkyl halides is 4. The normalized spacial score (nSPS) is 13.7. The molecule has 1 atom stereocenters. The molecule has 0 aliphatic rings. The van der Waals surface area contributed by atoms with Gasteiger partial charge in [0.1, 0.15) is 5.82 Å². The Hall–Kier alpha value is -0.970. The molecule has 6 heteroatoms. The van der Waals surface area contributed by atoms with E-state index in [1.807, 2.05) is 0 Å². The lowest BCUT2D eigenvalue weighted by Gasteiger charge is -2.09. The van der Waals surface area contributed by atoms with Crippen LogP contribution in [0.5, 0.6) is 0 Å². The van der Waals surface area contributed by atoms with Crippen molar-refractivity contribution in [3.8, 4) is 0 Å². The quantitative estimate of drug-likeness (QED) is 0.819. The molecule has 1 rings (SSSR count). The van der Waals surface area contributed by atoms with E-state index in [-0.39, 0.29) is 5.38 Å². The molecule has 0 aliphatic carbocycles. The van der Waals surface area contributed by atoms with Gasteiger partial charge in [-0.15, -0.1) is 11.6 Å². The lowest BCUT2D eigenvalue weighted by Crippen LogP contribution is -2.12. The highest BCUT2D eigenvalue weighted by Crippen LogP contribution is 2.28. The summed E-state index contributed by atoms with van der Waals surface area (Å²) in [7, 11) is 0. The van der Waals surface area contributed by atoms with Crippen molar-refractivity contribution < 1.29 is 13.2 Å². The lowest BCUT2D eigenvalue weighted by molar-refractivity contribution is -0.137. The molecular weight excluding hydrogens is 229 g/mol. The van der Waals surface area contributed by atoms with Crippen LogP contribution in [0.15, 0.2) is 18.3 Å². The first kappa shape index (κ1) is 12.1. The predicted octanol–water partition coefficient (Wildman–Crippen LogP) is 3.14. The zero-order valence-corrected chi connectivity index (χ0v) is 8.73. The van der Waals surface area contributed by atoms with Crippen LogP contribution in [-0.4, -0.2) is 16.9 Å². The largest absolute Gasteiger partial charge is 0.417 e. The summed E-state index contributed by atoms with van der Waals surface area (Å²) in [5, 5.41) is 2.71. The second-order valence-corrected chi connectivity index (χ2v) is 3.84. The van der Waals surface area contributed by atoms with Crippen molar-refractivity contribution in [2.75, 3.05) is 11.9 Å². The number of hydrogen-bond donors (Lipinski definition) is 1. The van der Waals surface area contributed by atoms with Gasteiger partial charge in [0.2, 0.25) is 0 Å². The van der Waals surface area contributed by atoms with Crippen LogP contribution >= 0.6 is 11.6 Å². The van der Waals surface area contributed by atoms with Gasteiger partial charge in [-0.05, 0) is 19.1 Å². The molecule has 1 unspecified atom stereocenters. The first-order chi connectivity index (χ1) is 6.89. The van der Waals surface area contributed by atoms with Crippen molar-refractivity contribution in [2.45, 2.75) is 18.5 Å². The number of halogens is 4. The molecule has 1 N–H and O–H groups in total. The molecule has 0 amide bonds. The molecule has 2 nitrogen and oxygen atoms in total. The summed E-state index contributed by atoms with van der Waals surface area (Å²) < 4.78 is 36.5. The van der Waals surface area contributed by atoms with E-state index in [9.17, 15) is 13.2 Å². The van der Waals surface area contributed by atoms with E-state index >= 15 is 0 Å². The number of rotatable bonds is 3. The number of pyridine rings is 1. The number of aromatic nitrogens is 1. The van der Waals surface area contributed by atoms with Crippen LogP contribution in [0.25, 0.3) is 0 Å². The predicted molar refractivity (Wildman–Crippen MR) is 53.0 cm³/mol. The first-order valence-electron chi connectivity index (χ1n) is 4.31. The van der Waals surface area contributed by atoms with Gasteiger partial charge in [-0.2, -0.15) is 13.2 Å². The third-order valence-corrected chi connectivity index (χ3v) is 1.81. The Morgan fingerprint density at radius 3 is 2.53 bits per heavy atom. The second kappa shape index (κ2) is 4.70. The summed E-state index contributed by atoms with van der Waals surface area (Å²) in [6, 6.07) is 2.26. The first-order valence-corrected chi connectivity index (χ1v) is 4.74. The molecule has 0 saturated carbocycles. The van der Waals surface area contributed by atoms with Crippen molar-refractivity contribution in [1.82, 2.24) is 4.98 Å². The Morgan fingerprint density at radius 1 is 1.47 bits per heavy atom. The maximum absolute atomic E-state index is 12.2. The van der Waals surface area contributed by atoms with E-state index in [0.29, 0.717) is 12.4 Å². The van der Waals surface area contributed by atoms with Crippen molar-refractivity contribution >= 4 is 17.4 Å². The average molecular weight is 239 g/mol. The maximum atomic E-state index is 12.2. The van der Waals surface area contributed by atoms with Crippen LogP contribution in [0.1, 0.15) is 12.5 Å². The molecular formula is C9H10ClF3N2. The van der Waals surface area contributed by atoms with Crippen molar-refractivity contribution in [3.05, 3.63) is 23.9 Å². The topological polar surface area (TPSA) is 24.9 Å². The van der Waals surface area contributed by atoms with E-state index < -0.39 is 11.7 Å². The monoisotopic (exact) mass is 238 g/mol. The highest BCUT2D eigenvalue weighted by atomic mass is 35.5. The second-order valence-electron chi connectivity index (χ2n) is 3.09. The highest BCUT2D eigenvalue weighted by molar-refractivity contribution is 6.20. The smallest absolute Gasteiger partial charge is 0.369 e. The van der Waals surface area contributed by atoms with Crippen molar-refractivity contribution in [3.63, 3.8) is 0 Å². The van der Waals surface area contributed by atoms with Gasteiger partial charge < -0.3 is 5.32 Å². The van der Waals surface area contributed by atoms with Gasteiger partial charge in [-0.3, -0.25) is 0 Å². The Balaban J connectivity index is 2.65. The molecule has 84 valence electrons. The fraction of sp³-hybridized carbons (Fsp3) is 0.444. The Morgan fingerprint density at radius 2 is 2.13 bits per heavy atom. The molecule has 0 radical (unpaired) electrons. The fourth-order valence-electron chi connectivity index (χ4n) is 0.911. The van der Waals surface area contributed by atoms with Crippen LogP contribution < -0.4 is 5.32 Å². The highest BCUT2D eigenvalue weighted by Gasteiger charge is 2.30. The summed E-state index contributed by atoms with van der Waals surface area (Å²) in [5.74, 6) is 0.385.